The fraction of sp³-hybridized carbons (Fsp3) is 0.125. The molecular weight excluding hydrogens is 302 g/mol. The fourth-order valence-electron chi connectivity index (χ4n) is 2.16. The Balaban J connectivity index is 1.91. The van der Waals surface area contributed by atoms with Gasteiger partial charge in [-0.3, -0.25) is 4.79 Å². The molecule has 1 aromatic carbocycles. The van der Waals surface area contributed by atoms with E-state index in [0.717, 1.165) is 11.2 Å². The average molecular weight is 316 g/mol. The van der Waals surface area contributed by atoms with Crippen LogP contribution in [0.15, 0.2) is 42.7 Å². The number of nitrogens with one attached hydrogen (secondary N) is 1. The minimum atomic E-state index is -0.318. The Hall–Kier alpha value is -2.53. The van der Waals surface area contributed by atoms with Crippen LogP contribution in [0.5, 0.6) is 5.75 Å². The minimum Gasteiger partial charge on any atom is -0.495 e. The number of nitrogens with zero attached hydrogens (tertiary/aromatic N) is 2. The maximum Gasteiger partial charge on any atom is 0.275 e. The number of carbonyl (C=O) groups is 1. The molecule has 22 heavy (non-hydrogen) atoms. The number of methoxy groups -OCH3 is 1. The van der Waals surface area contributed by atoms with E-state index in [9.17, 15) is 4.79 Å². The van der Waals surface area contributed by atoms with E-state index in [0.29, 0.717) is 22.2 Å². The first-order valence-electron chi connectivity index (χ1n) is 6.67. The summed E-state index contributed by atoms with van der Waals surface area (Å²) < 4.78 is 7.02. The molecule has 0 radical (unpaired) electrons. The van der Waals surface area contributed by atoms with E-state index in [1.165, 1.54) is 7.11 Å². The Morgan fingerprint density at radius 2 is 2.14 bits per heavy atom. The second-order valence-electron chi connectivity index (χ2n) is 4.89. The number of aryl methyl sites for hydroxylation is 1. The lowest BCUT2D eigenvalue weighted by atomic mass is 10.3. The SMILES string of the molecule is COc1ccc(Cl)cc1NC(=O)c1cn2ccc(C)cc2n1. The lowest BCUT2D eigenvalue weighted by Crippen LogP contribution is -2.13. The number of halogens is 1. The van der Waals surface area contributed by atoms with Gasteiger partial charge in [0.15, 0.2) is 0 Å². The molecule has 0 aliphatic carbocycles. The summed E-state index contributed by atoms with van der Waals surface area (Å²) in [7, 11) is 1.53. The van der Waals surface area contributed by atoms with E-state index >= 15 is 0 Å². The van der Waals surface area contributed by atoms with Crippen LogP contribution in [0.25, 0.3) is 5.65 Å². The molecule has 2 heterocycles. The van der Waals surface area contributed by atoms with E-state index in [2.05, 4.69) is 10.3 Å². The molecule has 0 atom stereocenters. The van der Waals surface area contributed by atoms with Gasteiger partial charge in [-0.2, -0.15) is 0 Å². The molecule has 6 heteroatoms. The zero-order valence-corrected chi connectivity index (χ0v) is 12.9. The van der Waals surface area contributed by atoms with Gasteiger partial charge in [0.25, 0.3) is 5.91 Å². The third-order valence-electron chi connectivity index (χ3n) is 3.26. The number of pyridine rings is 1. The van der Waals surface area contributed by atoms with Gasteiger partial charge in [0.2, 0.25) is 0 Å². The molecule has 0 saturated carbocycles. The Labute approximate surface area is 132 Å². The van der Waals surface area contributed by atoms with E-state index < -0.39 is 0 Å². The number of hydrogen-bond donors (Lipinski definition) is 1. The summed E-state index contributed by atoms with van der Waals surface area (Å²) in [5.74, 6) is 0.222. The second-order valence-corrected chi connectivity index (χ2v) is 5.33. The maximum atomic E-state index is 12.4. The highest BCUT2D eigenvalue weighted by Crippen LogP contribution is 2.28. The Bertz CT molecular complexity index is 858. The van der Waals surface area contributed by atoms with Gasteiger partial charge < -0.3 is 14.5 Å². The number of ether oxygens (including phenoxy) is 1. The number of carbonyl (C=O) groups excluding carboxylic acids is 1. The molecule has 0 bridgehead atoms. The zero-order chi connectivity index (χ0) is 15.7. The van der Waals surface area contributed by atoms with Crippen molar-refractivity contribution in [2.24, 2.45) is 0 Å². The molecule has 0 fully saturated rings. The van der Waals surface area contributed by atoms with E-state index in [1.807, 2.05) is 25.3 Å². The lowest BCUT2D eigenvalue weighted by molar-refractivity contribution is 0.102. The molecule has 1 N–H and O–H groups in total. The van der Waals surface area contributed by atoms with Crippen LogP contribution in [0.3, 0.4) is 0 Å². The van der Waals surface area contributed by atoms with Crippen molar-refractivity contribution in [3.05, 3.63) is 59.0 Å². The standard InChI is InChI=1S/C16H14ClN3O2/c1-10-5-6-20-9-13(18-15(20)7-10)16(21)19-12-8-11(17)3-4-14(12)22-2/h3-9H,1-2H3,(H,19,21). The zero-order valence-electron chi connectivity index (χ0n) is 12.1. The van der Waals surface area contributed by atoms with Crippen LogP contribution < -0.4 is 10.1 Å². The van der Waals surface area contributed by atoms with Crippen molar-refractivity contribution in [2.45, 2.75) is 6.92 Å². The monoisotopic (exact) mass is 315 g/mol. The van der Waals surface area contributed by atoms with Gasteiger partial charge in [0.05, 0.1) is 12.8 Å². The van der Waals surface area contributed by atoms with Crippen LogP contribution in [0.2, 0.25) is 5.02 Å². The van der Waals surface area contributed by atoms with Crippen molar-refractivity contribution in [1.82, 2.24) is 9.38 Å². The van der Waals surface area contributed by atoms with Gasteiger partial charge >= 0.3 is 0 Å². The number of hydrogen-bond acceptors (Lipinski definition) is 3. The Kier molecular flexibility index (Phi) is 3.73. The highest BCUT2D eigenvalue weighted by molar-refractivity contribution is 6.31. The first kappa shape index (κ1) is 14.4. The first-order valence-corrected chi connectivity index (χ1v) is 7.05. The maximum absolute atomic E-state index is 12.4. The van der Waals surface area contributed by atoms with E-state index in [-0.39, 0.29) is 5.91 Å². The number of amides is 1. The Morgan fingerprint density at radius 3 is 2.91 bits per heavy atom. The summed E-state index contributed by atoms with van der Waals surface area (Å²) in [6.07, 6.45) is 3.55. The molecular formula is C16H14ClN3O2. The van der Waals surface area contributed by atoms with Crippen molar-refractivity contribution >= 4 is 28.8 Å². The van der Waals surface area contributed by atoms with Crippen LogP contribution in [0.4, 0.5) is 5.69 Å². The smallest absolute Gasteiger partial charge is 0.275 e. The molecule has 3 aromatic rings. The van der Waals surface area contributed by atoms with Gasteiger partial charge in [-0.25, -0.2) is 4.98 Å². The molecule has 0 unspecified atom stereocenters. The molecule has 3 rings (SSSR count). The van der Waals surface area contributed by atoms with E-state index in [1.54, 1.807) is 28.8 Å². The highest BCUT2D eigenvalue weighted by Gasteiger charge is 2.13. The molecule has 2 aromatic heterocycles. The summed E-state index contributed by atoms with van der Waals surface area (Å²) in [5, 5.41) is 3.29. The fourth-order valence-corrected chi connectivity index (χ4v) is 2.33. The van der Waals surface area contributed by atoms with Crippen LogP contribution in [-0.2, 0) is 0 Å². The van der Waals surface area contributed by atoms with E-state index in [4.69, 9.17) is 16.3 Å². The summed E-state index contributed by atoms with van der Waals surface area (Å²) in [6.45, 7) is 1.98. The lowest BCUT2D eigenvalue weighted by Gasteiger charge is -2.09. The van der Waals surface area contributed by atoms with Gasteiger partial charge in [-0.15, -0.1) is 0 Å². The van der Waals surface area contributed by atoms with Crippen LogP contribution in [0, 0.1) is 6.92 Å². The number of aromatic nitrogens is 2. The van der Waals surface area contributed by atoms with Crippen molar-refractivity contribution in [1.29, 1.82) is 0 Å². The number of rotatable bonds is 3. The molecule has 0 spiro atoms. The van der Waals surface area contributed by atoms with Gasteiger partial charge in [0.1, 0.15) is 17.1 Å². The first-order chi connectivity index (χ1) is 10.6. The molecule has 5 nitrogen and oxygen atoms in total. The normalized spacial score (nSPS) is 10.7. The molecule has 0 saturated heterocycles. The van der Waals surface area contributed by atoms with Gasteiger partial charge in [-0.05, 0) is 42.8 Å². The number of anilines is 1. The predicted molar refractivity (Wildman–Crippen MR) is 85.9 cm³/mol. The predicted octanol–water partition coefficient (Wildman–Crippen LogP) is 3.56. The number of imidazole rings is 1. The number of fused-ring (bicyclic) bond motifs is 1. The van der Waals surface area contributed by atoms with Gasteiger partial charge in [0, 0.05) is 17.4 Å². The topological polar surface area (TPSA) is 55.6 Å². The summed E-state index contributed by atoms with van der Waals surface area (Å²) >= 11 is 5.96. The molecule has 112 valence electrons. The number of benzene rings is 1. The largest absolute Gasteiger partial charge is 0.495 e. The van der Waals surface area contributed by atoms with Crippen LogP contribution >= 0.6 is 11.6 Å². The summed E-state index contributed by atoms with van der Waals surface area (Å²) in [5.41, 5.74) is 2.64. The van der Waals surface area contributed by atoms with Crippen molar-refractivity contribution in [3.8, 4) is 5.75 Å². The van der Waals surface area contributed by atoms with Gasteiger partial charge in [-0.1, -0.05) is 11.6 Å². The second kappa shape index (κ2) is 5.69. The minimum absolute atomic E-state index is 0.318. The molecule has 0 aliphatic heterocycles. The summed E-state index contributed by atoms with van der Waals surface area (Å²) in [4.78, 5) is 16.7. The van der Waals surface area contributed by atoms with Crippen molar-refractivity contribution < 1.29 is 9.53 Å². The highest BCUT2D eigenvalue weighted by atomic mass is 35.5. The quantitative estimate of drug-likeness (QED) is 0.804. The van der Waals surface area contributed by atoms with Crippen molar-refractivity contribution in [2.75, 3.05) is 12.4 Å². The summed E-state index contributed by atoms with van der Waals surface area (Å²) in [6, 6.07) is 8.90. The molecule has 1 amide bonds. The third kappa shape index (κ3) is 2.76. The van der Waals surface area contributed by atoms with Crippen LogP contribution in [-0.4, -0.2) is 22.4 Å². The van der Waals surface area contributed by atoms with Crippen molar-refractivity contribution in [3.63, 3.8) is 0 Å². The Morgan fingerprint density at radius 1 is 1.32 bits per heavy atom. The third-order valence-corrected chi connectivity index (χ3v) is 3.49. The molecule has 0 aliphatic rings. The average Bonchev–Trinajstić information content (AvgIpc) is 2.90. The van der Waals surface area contributed by atoms with Crippen LogP contribution in [0.1, 0.15) is 16.1 Å².